The quantitative estimate of drug-likeness (QED) is 0.784. The van der Waals surface area contributed by atoms with Crippen LogP contribution in [0.4, 0.5) is 0 Å². The summed E-state index contributed by atoms with van der Waals surface area (Å²) in [6.45, 7) is 8.36. The molecular weight excluding hydrogens is 240 g/mol. The molecule has 0 amide bonds. The molecule has 1 aliphatic heterocycles. The van der Waals surface area contributed by atoms with Gasteiger partial charge in [-0.1, -0.05) is 13.0 Å². The van der Waals surface area contributed by atoms with Crippen molar-refractivity contribution in [3.63, 3.8) is 0 Å². The van der Waals surface area contributed by atoms with Crippen molar-refractivity contribution in [3.05, 3.63) is 30.3 Å². The lowest BCUT2D eigenvalue weighted by molar-refractivity contribution is 0.0700. The Labute approximate surface area is 114 Å². The Kier molecular flexibility index (Phi) is 4.00. The lowest BCUT2D eigenvalue weighted by Crippen LogP contribution is -2.51. The zero-order chi connectivity index (χ0) is 14.0. The van der Waals surface area contributed by atoms with Crippen LogP contribution < -0.4 is 5.43 Å². The number of hydrogen-bond acceptors (Lipinski definition) is 4. The molecule has 1 aromatic rings. The number of benzene rings is 1. The van der Waals surface area contributed by atoms with E-state index in [0.717, 1.165) is 12.8 Å². The smallest absolute Gasteiger partial charge is 0.128 e. The molecule has 0 aromatic heterocycles. The number of phenols is 2. The second-order valence-electron chi connectivity index (χ2n) is 5.33. The minimum Gasteiger partial charge on any atom is -0.508 e. The zero-order valence-electron chi connectivity index (χ0n) is 11.6. The van der Waals surface area contributed by atoms with Gasteiger partial charge in [0.25, 0.3) is 0 Å². The van der Waals surface area contributed by atoms with Crippen LogP contribution in [-0.2, 0) is 0 Å². The van der Waals surface area contributed by atoms with Gasteiger partial charge in [0.05, 0.1) is 5.70 Å². The van der Waals surface area contributed by atoms with Gasteiger partial charge in [-0.25, -0.2) is 5.01 Å². The standard InChI is InChI=1S/C15H22N2O2/c1-10-5-4-6-11(2)17(10)16-12(3)14-8-7-13(18)9-15(14)19/h7-11,16,18-19H,3-6H2,1-2H3/t10-,11-/m0/s1. The summed E-state index contributed by atoms with van der Waals surface area (Å²) in [6.07, 6.45) is 3.57. The predicted octanol–water partition coefficient (Wildman–Crippen LogP) is 2.84. The molecule has 0 aliphatic carbocycles. The van der Waals surface area contributed by atoms with Crippen molar-refractivity contribution in [1.29, 1.82) is 0 Å². The molecule has 1 saturated heterocycles. The summed E-state index contributed by atoms with van der Waals surface area (Å²) in [7, 11) is 0. The van der Waals surface area contributed by atoms with Crippen LogP contribution in [0.15, 0.2) is 24.8 Å². The van der Waals surface area contributed by atoms with Gasteiger partial charge in [-0.2, -0.15) is 0 Å². The molecule has 0 spiro atoms. The molecule has 4 heteroatoms. The average molecular weight is 262 g/mol. The first-order chi connectivity index (χ1) is 8.99. The molecule has 104 valence electrons. The van der Waals surface area contributed by atoms with E-state index in [1.165, 1.54) is 12.5 Å². The monoisotopic (exact) mass is 262 g/mol. The Morgan fingerprint density at radius 1 is 1.26 bits per heavy atom. The SMILES string of the molecule is C=C(NN1[C@@H](C)CCC[C@@H]1C)c1ccc(O)cc1O. The van der Waals surface area contributed by atoms with Crippen LogP contribution in [0.25, 0.3) is 5.70 Å². The van der Waals surface area contributed by atoms with Crippen molar-refractivity contribution in [3.8, 4) is 11.5 Å². The number of nitrogens with one attached hydrogen (secondary N) is 1. The fourth-order valence-corrected chi connectivity index (χ4v) is 2.63. The van der Waals surface area contributed by atoms with Crippen molar-refractivity contribution in [2.45, 2.75) is 45.2 Å². The topological polar surface area (TPSA) is 55.7 Å². The van der Waals surface area contributed by atoms with Crippen molar-refractivity contribution in [2.75, 3.05) is 0 Å². The van der Waals surface area contributed by atoms with Crippen LogP contribution in [0.5, 0.6) is 11.5 Å². The van der Waals surface area contributed by atoms with E-state index < -0.39 is 0 Å². The van der Waals surface area contributed by atoms with Crippen LogP contribution in [0, 0.1) is 0 Å². The molecule has 0 unspecified atom stereocenters. The molecular formula is C15H22N2O2. The molecule has 1 fully saturated rings. The maximum absolute atomic E-state index is 9.84. The first-order valence-corrected chi connectivity index (χ1v) is 6.75. The zero-order valence-corrected chi connectivity index (χ0v) is 11.6. The van der Waals surface area contributed by atoms with E-state index in [2.05, 4.69) is 30.9 Å². The van der Waals surface area contributed by atoms with Gasteiger partial charge in [0.2, 0.25) is 0 Å². The molecule has 3 N–H and O–H groups in total. The van der Waals surface area contributed by atoms with Gasteiger partial charge in [0, 0.05) is 23.7 Å². The number of nitrogens with zero attached hydrogens (tertiary/aromatic N) is 1. The molecule has 0 bridgehead atoms. The Hall–Kier alpha value is -1.68. The van der Waals surface area contributed by atoms with Gasteiger partial charge in [0.1, 0.15) is 11.5 Å². The van der Waals surface area contributed by atoms with E-state index in [4.69, 9.17) is 0 Å². The highest BCUT2D eigenvalue weighted by Crippen LogP contribution is 2.28. The molecule has 1 aromatic carbocycles. The van der Waals surface area contributed by atoms with E-state index in [1.807, 2.05) is 0 Å². The van der Waals surface area contributed by atoms with Crippen LogP contribution in [0.1, 0.15) is 38.7 Å². The Balaban J connectivity index is 2.11. The van der Waals surface area contributed by atoms with Gasteiger partial charge in [0.15, 0.2) is 0 Å². The average Bonchev–Trinajstić information content (AvgIpc) is 2.33. The second-order valence-corrected chi connectivity index (χ2v) is 5.33. The third kappa shape index (κ3) is 3.01. The van der Waals surface area contributed by atoms with Gasteiger partial charge in [-0.05, 0) is 38.8 Å². The fraction of sp³-hybridized carbons (Fsp3) is 0.467. The molecule has 2 atom stereocenters. The Morgan fingerprint density at radius 3 is 2.47 bits per heavy atom. The largest absolute Gasteiger partial charge is 0.508 e. The Bertz CT molecular complexity index is 463. The Morgan fingerprint density at radius 2 is 1.89 bits per heavy atom. The molecule has 1 aliphatic rings. The van der Waals surface area contributed by atoms with Crippen molar-refractivity contribution < 1.29 is 10.2 Å². The number of piperidine rings is 1. The molecule has 19 heavy (non-hydrogen) atoms. The van der Waals surface area contributed by atoms with Crippen molar-refractivity contribution in [2.24, 2.45) is 0 Å². The van der Waals surface area contributed by atoms with Crippen LogP contribution in [0.2, 0.25) is 0 Å². The lowest BCUT2D eigenvalue weighted by Gasteiger charge is -2.40. The third-order valence-corrected chi connectivity index (χ3v) is 3.76. The van der Waals surface area contributed by atoms with Gasteiger partial charge < -0.3 is 15.6 Å². The second kappa shape index (κ2) is 5.53. The van der Waals surface area contributed by atoms with Gasteiger partial charge >= 0.3 is 0 Å². The van der Waals surface area contributed by atoms with Crippen LogP contribution in [0.3, 0.4) is 0 Å². The highest BCUT2D eigenvalue weighted by Gasteiger charge is 2.25. The highest BCUT2D eigenvalue weighted by molar-refractivity contribution is 5.67. The number of aromatic hydroxyl groups is 2. The molecule has 0 saturated carbocycles. The van der Waals surface area contributed by atoms with Crippen molar-refractivity contribution >= 4 is 5.70 Å². The molecule has 1 heterocycles. The number of phenolic OH excluding ortho intramolecular Hbond substituents is 2. The highest BCUT2D eigenvalue weighted by atomic mass is 16.3. The maximum atomic E-state index is 9.84. The lowest BCUT2D eigenvalue weighted by atomic mass is 9.99. The predicted molar refractivity (Wildman–Crippen MR) is 76.6 cm³/mol. The summed E-state index contributed by atoms with van der Waals surface area (Å²) >= 11 is 0. The maximum Gasteiger partial charge on any atom is 0.128 e. The normalized spacial score (nSPS) is 24.1. The van der Waals surface area contributed by atoms with E-state index in [0.29, 0.717) is 23.3 Å². The van der Waals surface area contributed by atoms with Gasteiger partial charge in [-0.15, -0.1) is 0 Å². The molecule has 4 nitrogen and oxygen atoms in total. The summed E-state index contributed by atoms with van der Waals surface area (Å²) in [5, 5.41) is 21.3. The minimum absolute atomic E-state index is 0.0369. The first kappa shape index (κ1) is 13.7. The summed E-state index contributed by atoms with van der Waals surface area (Å²) in [5.74, 6) is 0.0866. The first-order valence-electron chi connectivity index (χ1n) is 6.75. The third-order valence-electron chi connectivity index (χ3n) is 3.76. The summed E-state index contributed by atoms with van der Waals surface area (Å²) in [4.78, 5) is 0. The molecule has 2 rings (SSSR count). The molecule has 0 radical (unpaired) electrons. The van der Waals surface area contributed by atoms with E-state index in [-0.39, 0.29) is 11.5 Å². The summed E-state index contributed by atoms with van der Waals surface area (Å²) in [5.41, 5.74) is 4.56. The number of rotatable bonds is 3. The minimum atomic E-state index is 0.0369. The summed E-state index contributed by atoms with van der Waals surface area (Å²) in [6, 6.07) is 5.43. The van der Waals surface area contributed by atoms with Crippen LogP contribution in [-0.4, -0.2) is 27.3 Å². The fourth-order valence-electron chi connectivity index (χ4n) is 2.63. The number of hydrazine groups is 1. The van der Waals surface area contributed by atoms with E-state index in [1.54, 1.807) is 12.1 Å². The van der Waals surface area contributed by atoms with Crippen LogP contribution >= 0.6 is 0 Å². The summed E-state index contributed by atoms with van der Waals surface area (Å²) < 4.78 is 0. The van der Waals surface area contributed by atoms with Gasteiger partial charge in [-0.3, -0.25) is 0 Å². The van der Waals surface area contributed by atoms with E-state index >= 15 is 0 Å². The van der Waals surface area contributed by atoms with E-state index in [9.17, 15) is 10.2 Å². The van der Waals surface area contributed by atoms with Crippen molar-refractivity contribution in [1.82, 2.24) is 10.4 Å². The number of hydrogen-bond donors (Lipinski definition) is 3.